The molecule has 0 bridgehead atoms. The molecule has 58 valence electrons. The van der Waals surface area contributed by atoms with E-state index < -0.39 is 6.36 Å². The molecule has 11 heavy (non-hydrogen) atoms. The number of hydrogen-bond acceptors (Lipinski definition) is 1. The summed E-state index contributed by atoms with van der Waals surface area (Å²) in [7, 11) is 0. The fourth-order valence-electron chi connectivity index (χ4n) is 0.755. The van der Waals surface area contributed by atoms with Crippen LogP contribution in [0.15, 0.2) is 36.4 Å². The number of rotatable bonds is 2. The molecule has 0 saturated carbocycles. The maximum absolute atomic E-state index is 11.9. The van der Waals surface area contributed by atoms with Gasteiger partial charge in [-0.1, -0.05) is 36.4 Å². The average molecular weight is 152 g/mol. The maximum Gasteiger partial charge on any atom is 0.215 e. The lowest BCUT2D eigenvalue weighted by Gasteiger charge is -1.91. The van der Waals surface area contributed by atoms with Crippen LogP contribution in [0.5, 0.6) is 0 Å². The van der Waals surface area contributed by atoms with Crippen LogP contribution in [0.25, 0.3) is 6.08 Å². The summed E-state index contributed by atoms with van der Waals surface area (Å²) in [4.78, 5) is 0. The van der Waals surface area contributed by atoms with E-state index in [1.54, 1.807) is 0 Å². The van der Waals surface area contributed by atoms with E-state index in [2.05, 4.69) is 0 Å². The number of aliphatic hydroxyl groups is 1. The first-order valence-electron chi connectivity index (χ1n) is 3.34. The van der Waals surface area contributed by atoms with Crippen molar-refractivity contribution >= 4 is 6.08 Å². The first kappa shape index (κ1) is 7.95. The minimum absolute atomic E-state index is 0.879. The van der Waals surface area contributed by atoms with Gasteiger partial charge in [-0.25, -0.2) is 4.39 Å². The van der Waals surface area contributed by atoms with E-state index in [0.29, 0.717) is 0 Å². The second kappa shape index (κ2) is 3.88. The summed E-state index contributed by atoms with van der Waals surface area (Å²) in [5.41, 5.74) is 0.879. The fraction of sp³-hybridized carbons (Fsp3) is 0.111. The molecular weight excluding hydrogens is 143 g/mol. The molecule has 1 N–H and O–H groups in total. The Bertz CT molecular complexity index is 229. The van der Waals surface area contributed by atoms with Gasteiger partial charge in [0.25, 0.3) is 0 Å². The molecule has 0 aliphatic heterocycles. The molecule has 0 saturated heterocycles. The highest BCUT2D eigenvalue weighted by atomic mass is 19.1. The molecule has 0 spiro atoms. The molecule has 2 heteroatoms. The Balaban J connectivity index is 2.65. The van der Waals surface area contributed by atoms with E-state index in [-0.39, 0.29) is 0 Å². The molecule has 1 aromatic carbocycles. The van der Waals surface area contributed by atoms with Crippen LogP contribution in [0.1, 0.15) is 5.56 Å². The molecule has 0 heterocycles. The van der Waals surface area contributed by atoms with Crippen LogP contribution in [0.4, 0.5) is 4.39 Å². The quantitative estimate of drug-likeness (QED) is 0.687. The SMILES string of the molecule is OC(F)/C=C/c1ccccc1. The normalized spacial score (nSPS) is 13.6. The van der Waals surface area contributed by atoms with Gasteiger partial charge in [-0.05, 0) is 11.6 Å². The number of halogens is 1. The van der Waals surface area contributed by atoms with Crippen LogP contribution in [0.3, 0.4) is 0 Å². The minimum Gasteiger partial charge on any atom is -0.361 e. The number of alkyl halides is 1. The summed E-state index contributed by atoms with van der Waals surface area (Å²) in [5.74, 6) is 0. The van der Waals surface area contributed by atoms with Gasteiger partial charge in [-0.3, -0.25) is 0 Å². The molecule has 1 rings (SSSR count). The lowest BCUT2D eigenvalue weighted by molar-refractivity contribution is 0.0891. The highest BCUT2D eigenvalue weighted by molar-refractivity contribution is 5.48. The van der Waals surface area contributed by atoms with Crippen molar-refractivity contribution < 1.29 is 9.50 Å². The second-order valence-electron chi connectivity index (χ2n) is 2.14. The molecule has 1 aromatic rings. The zero-order valence-corrected chi connectivity index (χ0v) is 5.94. The van der Waals surface area contributed by atoms with Gasteiger partial charge in [-0.2, -0.15) is 0 Å². The Hall–Kier alpha value is -1.15. The van der Waals surface area contributed by atoms with Gasteiger partial charge in [0.05, 0.1) is 0 Å². The molecule has 1 nitrogen and oxygen atoms in total. The summed E-state index contributed by atoms with van der Waals surface area (Å²) in [6.45, 7) is 0. The molecule has 0 aliphatic rings. The van der Waals surface area contributed by atoms with Crippen LogP contribution in [0, 0.1) is 0 Å². The molecule has 0 radical (unpaired) electrons. The first-order chi connectivity index (χ1) is 5.29. The van der Waals surface area contributed by atoms with E-state index in [0.717, 1.165) is 11.6 Å². The maximum atomic E-state index is 11.9. The van der Waals surface area contributed by atoms with Crippen LogP contribution in [0.2, 0.25) is 0 Å². The average Bonchev–Trinajstić information content (AvgIpc) is 2.03. The Morgan fingerprint density at radius 3 is 2.45 bits per heavy atom. The summed E-state index contributed by atoms with van der Waals surface area (Å²) < 4.78 is 11.9. The van der Waals surface area contributed by atoms with Crippen LogP contribution < -0.4 is 0 Å². The summed E-state index contributed by atoms with van der Waals surface area (Å²) >= 11 is 0. The van der Waals surface area contributed by atoms with Crippen LogP contribution in [-0.4, -0.2) is 11.5 Å². The summed E-state index contributed by atoms with van der Waals surface area (Å²) in [6, 6.07) is 9.25. The van der Waals surface area contributed by atoms with Crippen LogP contribution >= 0.6 is 0 Å². The molecule has 0 fully saturated rings. The van der Waals surface area contributed by atoms with E-state index in [9.17, 15) is 4.39 Å². The minimum atomic E-state index is -1.87. The molecular formula is C9H9FO. The Morgan fingerprint density at radius 1 is 1.27 bits per heavy atom. The highest BCUT2D eigenvalue weighted by Crippen LogP contribution is 2.01. The van der Waals surface area contributed by atoms with Gasteiger partial charge in [0.1, 0.15) is 0 Å². The lowest BCUT2D eigenvalue weighted by Crippen LogP contribution is -1.88. The van der Waals surface area contributed by atoms with Gasteiger partial charge in [-0.15, -0.1) is 0 Å². The standard InChI is InChI=1S/C9H9FO/c10-9(11)7-6-8-4-2-1-3-5-8/h1-7,9,11H/b7-6+. The third kappa shape index (κ3) is 2.96. The van der Waals surface area contributed by atoms with E-state index in [1.165, 1.54) is 6.08 Å². The van der Waals surface area contributed by atoms with Crippen molar-refractivity contribution in [3.8, 4) is 0 Å². The molecule has 0 aliphatic carbocycles. The van der Waals surface area contributed by atoms with Gasteiger partial charge >= 0.3 is 0 Å². The predicted octanol–water partition coefficient (Wildman–Crippen LogP) is 1.99. The monoisotopic (exact) mass is 152 g/mol. The van der Waals surface area contributed by atoms with E-state index in [4.69, 9.17) is 5.11 Å². The zero-order valence-electron chi connectivity index (χ0n) is 5.94. The van der Waals surface area contributed by atoms with Gasteiger partial charge in [0, 0.05) is 0 Å². The lowest BCUT2D eigenvalue weighted by atomic mass is 10.2. The molecule has 0 aromatic heterocycles. The largest absolute Gasteiger partial charge is 0.361 e. The first-order valence-corrected chi connectivity index (χ1v) is 3.34. The van der Waals surface area contributed by atoms with Crippen molar-refractivity contribution in [2.75, 3.05) is 0 Å². The van der Waals surface area contributed by atoms with Gasteiger partial charge < -0.3 is 5.11 Å². The van der Waals surface area contributed by atoms with E-state index >= 15 is 0 Å². The molecule has 0 amide bonds. The Labute approximate surface area is 64.8 Å². The Morgan fingerprint density at radius 2 is 1.91 bits per heavy atom. The van der Waals surface area contributed by atoms with Gasteiger partial charge in [0.15, 0.2) is 0 Å². The smallest absolute Gasteiger partial charge is 0.215 e. The van der Waals surface area contributed by atoms with E-state index in [1.807, 2.05) is 30.3 Å². The van der Waals surface area contributed by atoms with Crippen molar-refractivity contribution in [1.82, 2.24) is 0 Å². The molecule has 1 unspecified atom stereocenters. The van der Waals surface area contributed by atoms with Gasteiger partial charge in [0.2, 0.25) is 6.36 Å². The van der Waals surface area contributed by atoms with Crippen molar-refractivity contribution in [1.29, 1.82) is 0 Å². The van der Waals surface area contributed by atoms with Crippen molar-refractivity contribution in [3.05, 3.63) is 42.0 Å². The van der Waals surface area contributed by atoms with Crippen molar-refractivity contribution in [2.45, 2.75) is 6.36 Å². The second-order valence-corrected chi connectivity index (χ2v) is 2.14. The van der Waals surface area contributed by atoms with Crippen LogP contribution in [-0.2, 0) is 0 Å². The fourth-order valence-corrected chi connectivity index (χ4v) is 0.755. The number of hydrogen-bond donors (Lipinski definition) is 1. The van der Waals surface area contributed by atoms with Crippen molar-refractivity contribution in [3.63, 3.8) is 0 Å². The number of benzene rings is 1. The van der Waals surface area contributed by atoms with Crippen molar-refractivity contribution in [2.24, 2.45) is 0 Å². The highest BCUT2D eigenvalue weighted by Gasteiger charge is 1.89. The summed E-state index contributed by atoms with van der Waals surface area (Å²) in [6.07, 6.45) is 0.759. The predicted molar refractivity (Wildman–Crippen MR) is 42.6 cm³/mol. The third-order valence-corrected chi connectivity index (χ3v) is 1.25. The molecule has 1 atom stereocenters. The Kier molecular flexibility index (Phi) is 2.81. The topological polar surface area (TPSA) is 20.2 Å². The number of aliphatic hydroxyl groups excluding tert-OH is 1. The third-order valence-electron chi connectivity index (χ3n) is 1.25. The zero-order chi connectivity index (χ0) is 8.10. The summed E-state index contributed by atoms with van der Waals surface area (Å²) in [5, 5.41) is 8.26.